The highest BCUT2D eigenvalue weighted by Crippen LogP contribution is 2.40. The number of rotatable bonds is 3. The molecule has 0 amide bonds. The summed E-state index contributed by atoms with van der Waals surface area (Å²) in [7, 11) is 0. The van der Waals surface area contributed by atoms with Crippen LogP contribution in [0.4, 0.5) is 0 Å². The molecule has 2 fully saturated rings. The van der Waals surface area contributed by atoms with E-state index < -0.39 is 0 Å². The van der Waals surface area contributed by atoms with E-state index in [4.69, 9.17) is 0 Å². The summed E-state index contributed by atoms with van der Waals surface area (Å²) < 4.78 is 0. The van der Waals surface area contributed by atoms with Gasteiger partial charge in [-0.1, -0.05) is 56.0 Å². The van der Waals surface area contributed by atoms with E-state index in [1.54, 1.807) is 0 Å². The monoisotopic (exact) mass is 343 g/mol. The number of hydrogen-bond acceptors (Lipinski definition) is 1. The minimum absolute atomic E-state index is 0.494. The molecule has 1 saturated carbocycles. The molecule has 0 spiro atoms. The lowest BCUT2D eigenvalue weighted by atomic mass is 9.75. The molecule has 2 aliphatic rings. The first-order chi connectivity index (χ1) is 9.45. The second-order valence-corrected chi connectivity index (χ2v) is 9.03. The maximum absolute atomic E-state index is 3.83. The maximum atomic E-state index is 3.83. The zero-order chi connectivity index (χ0) is 14.6. The molecular formula is C18H34BrN. The molecule has 1 aliphatic carbocycles. The summed E-state index contributed by atoms with van der Waals surface area (Å²) >= 11 is 3.83. The van der Waals surface area contributed by atoms with Crippen LogP contribution >= 0.6 is 15.9 Å². The van der Waals surface area contributed by atoms with Gasteiger partial charge in [-0.05, 0) is 61.9 Å². The van der Waals surface area contributed by atoms with Crippen LogP contribution in [0.15, 0.2) is 0 Å². The van der Waals surface area contributed by atoms with Gasteiger partial charge in [0.05, 0.1) is 0 Å². The fourth-order valence-electron chi connectivity index (χ4n) is 4.29. The molecule has 2 heteroatoms. The lowest BCUT2D eigenvalue weighted by Gasteiger charge is -2.40. The van der Waals surface area contributed by atoms with Crippen molar-refractivity contribution >= 4 is 15.9 Å². The highest BCUT2D eigenvalue weighted by atomic mass is 79.9. The molecule has 1 saturated heterocycles. The van der Waals surface area contributed by atoms with Crippen molar-refractivity contribution < 1.29 is 0 Å². The molecule has 0 aromatic heterocycles. The summed E-state index contributed by atoms with van der Waals surface area (Å²) in [4.78, 5) is 2.79. The van der Waals surface area contributed by atoms with Gasteiger partial charge in [0.15, 0.2) is 0 Å². The van der Waals surface area contributed by atoms with Crippen molar-refractivity contribution in [1.82, 2.24) is 4.90 Å². The topological polar surface area (TPSA) is 3.24 Å². The fraction of sp³-hybridized carbons (Fsp3) is 1.00. The van der Waals surface area contributed by atoms with Crippen LogP contribution in [0.1, 0.15) is 72.1 Å². The van der Waals surface area contributed by atoms with E-state index in [9.17, 15) is 0 Å². The summed E-state index contributed by atoms with van der Waals surface area (Å²) in [6, 6.07) is 0. The predicted molar refractivity (Wildman–Crippen MR) is 92.5 cm³/mol. The predicted octanol–water partition coefficient (Wildman–Crippen LogP) is 5.48. The SMILES string of the molecule is CC(C)(C)C1CCCN(CC2(CBr)CCCCC2)CC1. The van der Waals surface area contributed by atoms with Crippen LogP contribution in [0.3, 0.4) is 0 Å². The Balaban J connectivity index is 1.90. The number of hydrogen-bond donors (Lipinski definition) is 0. The van der Waals surface area contributed by atoms with Gasteiger partial charge in [-0.3, -0.25) is 0 Å². The van der Waals surface area contributed by atoms with E-state index in [1.165, 1.54) is 76.3 Å². The molecule has 1 aliphatic heterocycles. The van der Waals surface area contributed by atoms with Gasteiger partial charge >= 0.3 is 0 Å². The maximum Gasteiger partial charge on any atom is 0.0100 e. The van der Waals surface area contributed by atoms with Crippen molar-refractivity contribution in [1.29, 1.82) is 0 Å². The van der Waals surface area contributed by atoms with Crippen LogP contribution in [-0.2, 0) is 0 Å². The standard InChI is InChI=1S/C18H34BrN/c1-17(2,3)16-8-7-12-20(13-9-16)15-18(14-19)10-5-4-6-11-18/h16H,4-15H2,1-3H3. The van der Waals surface area contributed by atoms with Gasteiger partial charge in [-0.25, -0.2) is 0 Å². The van der Waals surface area contributed by atoms with Crippen LogP contribution < -0.4 is 0 Å². The molecule has 0 bridgehead atoms. The van der Waals surface area contributed by atoms with E-state index in [2.05, 4.69) is 41.6 Å². The molecule has 0 aromatic rings. The van der Waals surface area contributed by atoms with Crippen molar-refractivity contribution in [3.63, 3.8) is 0 Å². The molecule has 2 rings (SSSR count). The van der Waals surface area contributed by atoms with Crippen molar-refractivity contribution in [3.8, 4) is 0 Å². The Labute approximate surface area is 135 Å². The van der Waals surface area contributed by atoms with E-state index in [0.717, 1.165) is 5.92 Å². The second-order valence-electron chi connectivity index (χ2n) is 8.46. The zero-order valence-corrected chi connectivity index (χ0v) is 15.5. The third-order valence-electron chi connectivity index (χ3n) is 5.80. The Kier molecular flexibility index (Phi) is 5.99. The minimum Gasteiger partial charge on any atom is -0.303 e. The van der Waals surface area contributed by atoms with Gasteiger partial charge in [-0.15, -0.1) is 0 Å². The molecule has 1 atom stereocenters. The van der Waals surface area contributed by atoms with Crippen molar-refractivity contribution in [2.45, 2.75) is 72.1 Å². The molecule has 0 N–H and O–H groups in total. The first-order valence-corrected chi connectivity index (χ1v) is 9.86. The molecular weight excluding hydrogens is 310 g/mol. The molecule has 1 heterocycles. The molecule has 20 heavy (non-hydrogen) atoms. The second kappa shape index (κ2) is 7.13. The van der Waals surface area contributed by atoms with Gasteiger partial charge in [-0.2, -0.15) is 0 Å². The van der Waals surface area contributed by atoms with E-state index in [-0.39, 0.29) is 0 Å². The fourth-order valence-corrected chi connectivity index (χ4v) is 5.03. The highest BCUT2D eigenvalue weighted by Gasteiger charge is 2.34. The van der Waals surface area contributed by atoms with Gasteiger partial charge in [0.1, 0.15) is 0 Å². The average Bonchev–Trinajstić information content (AvgIpc) is 2.65. The first kappa shape index (κ1) is 16.8. The van der Waals surface area contributed by atoms with Gasteiger partial charge < -0.3 is 4.90 Å². The number of nitrogens with zero attached hydrogens (tertiary/aromatic N) is 1. The zero-order valence-electron chi connectivity index (χ0n) is 13.9. The van der Waals surface area contributed by atoms with Gasteiger partial charge in [0.25, 0.3) is 0 Å². The number of alkyl halides is 1. The van der Waals surface area contributed by atoms with Crippen LogP contribution in [0, 0.1) is 16.7 Å². The van der Waals surface area contributed by atoms with E-state index in [1.807, 2.05) is 0 Å². The molecule has 1 unspecified atom stereocenters. The average molecular weight is 344 g/mol. The highest BCUT2D eigenvalue weighted by molar-refractivity contribution is 9.09. The minimum atomic E-state index is 0.494. The number of halogens is 1. The van der Waals surface area contributed by atoms with Crippen LogP contribution in [0.25, 0.3) is 0 Å². The Morgan fingerprint density at radius 3 is 2.30 bits per heavy atom. The van der Waals surface area contributed by atoms with E-state index in [0.29, 0.717) is 10.8 Å². The number of likely N-dealkylation sites (tertiary alicyclic amines) is 1. The first-order valence-electron chi connectivity index (χ1n) is 8.74. The summed E-state index contributed by atoms with van der Waals surface area (Å²) in [6.07, 6.45) is 11.5. The van der Waals surface area contributed by atoms with Crippen LogP contribution in [0.5, 0.6) is 0 Å². The van der Waals surface area contributed by atoms with Crippen molar-refractivity contribution in [2.75, 3.05) is 25.0 Å². The lowest BCUT2D eigenvalue weighted by Crippen LogP contribution is -2.41. The third-order valence-corrected chi connectivity index (χ3v) is 6.99. The summed E-state index contributed by atoms with van der Waals surface area (Å²) in [5.74, 6) is 0.916. The van der Waals surface area contributed by atoms with Crippen molar-refractivity contribution in [3.05, 3.63) is 0 Å². The lowest BCUT2D eigenvalue weighted by molar-refractivity contribution is 0.125. The smallest absolute Gasteiger partial charge is 0.0100 e. The summed E-state index contributed by atoms with van der Waals surface area (Å²) in [5, 5.41) is 1.21. The quantitative estimate of drug-likeness (QED) is 0.613. The molecule has 118 valence electrons. The summed E-state index contributed by atoms with van der Waals surface area (Å²) in [6.45, 7) is 11.3. The molecule has 0 radical (unpaired) electrons. The van der Waals surface area contributed by atoms with Crippen molar-refractivity contribution in [2.24, 2.45) is 16.7 Å². The third kappa shape index (κ3) is 4.47. The largest absolute Gasteiger partial charge is 0.303 e. The van der Waals surface area contributed by atoms with E-state index >= 15 is 0 Å². The van der Waals surface area contributed by atoms with Gasteiger partial charge in [0.2, 0.25) is 0 Å². The molecule has 0 aromatic carbocycles. The van der Waals surface area contributed by atoms with Crippen LogP contribution in [0.2, 0.25) is 0 Å². The molecule has 1 nitrogen and oxygen atoms in total. The Bertz CT molecular complexity index is 288. The Hall–Kier alpha value is 0.440. The van der Waals surface area contributed by atoms with Crippen LogP contribution in [-0.4, -0.2) is 29.9 Å². The van der Waals surface area contributed by atoms with Gasteiger partial charge in [0, 0.05) is 11.9 Å². The summed E-state index contributed by atoms with van der Waals surface area (Å²) in [5.41, 5.74) is 1.08. The Morgan fingerprint density at radius 1 is 1.00 bits per heavy atom. The Morgan fingerprint density at radius 2 is 1.70 bits per heavy atom. The normalized spacial score (nSPS) is 29.1.